The Morgan fingerprint density at radius 2 is 2.15 bits per heavy atom. The van der Waals surface area contributed by atoms with Gasteiger partial charge in [0, 0.05) is 18.8 Å². The van der Waals surface area contributed by atoms with Crippen LogP contribution in [-0.2, 0) is 7.05 Å². The van der Waals surface area contributed by atoms with Gasteiger partial charge in [-0.05, 0) is 19.1 Å². The van der Waals surface area contributed by atoms with E-state index in [-0.39, 0.29) is 11.7 Å². The molecule has 0 aliphatic carbocycles. The normalized spacial score (nSPS) is 17.0. The molecule has 0 bridgehead atoms. The fourth-order valence-corrected chi connectivity index (χ4v) is 3.14. The summed E-state index contributed by atoms with van der Waals surface area (Å²) in [6, 6.07) is 1.59. The van der Waals surface area contributed by atoms with E-state index in [2.05, 4.69) is 20.5 Å². The summed E-state index contributed by atoms with van der Waals surface area (Å²) in [5.74, 6) is -1.22. The maximum atomic E-state index is 13.8. The number of hydrogen-bond acceptors (Lipinski definition) is 6. The molecule has 0 aromatic carbocycles. The second-order valence-corrected chi connectivity index (χ2v) is 5.99. The van der Waals surface area contributed by atoms with Gasteiger partial charge in [0.05, 0.1) is 17.5 Å². The van der Waals surface area contributed by atoms with Crippen molar-refractivity contribution in [2.24, 2.45) is 7.05 Å². The van der Waals surface area contributed by atoms with Gasteiger partial charge in [0.2, 0.25) is 11.7 Å². The molecule has 4 rings (SSSR count). The number of carbonyl (C=O) groups excluding carboxylic acids is 1. The molecule has 0 fully saturated rings. The lowest BCUT2D eigenvalue weighted by molar-refractivity contribution is -0.0918. The number of hydrogen-bond donors (Lipinski definition) is 1. The summed E-state index contributed by atoms with van der Waals surface area (Å²) in [4.78, 5) is 16.8. The van der Waals surface area contributed by atoms with Crippen LogP contribution < -0.4 is 5.32 Å². The number of furan rings is 1. The molecule has 3 aromatic rings. The zero-order valence-corrected chi connectivity index (χ0v) is 14.2. The lowest BCUT2D eigenvalue weighted by Gasteiger charge is -2.29. The van der Waals surface area contributed by atoms with Gasteiger partial charge in [-0.1, -0.05) is 0 Å². The minimum atomic E-state index is -4.82. The number of ketones is 1. The van der Waals surface area contributed by atoms with Crippen molar-refractivity contribution in [3.8, 4) is 0 Å². The molecule has 1 N–H and O–H groups in total. The molecule has 0 unspecified atom stereocenters. The number of aromatic nitrogens is 5. The Morgan fingerprint density at radius 1 is 1.37 bits per heavy atom. The number of anilines is 1. The highest BCUT2D eigenvalue weighted by Crippen LogP contribution is 2.42. The first-order valence-corrected chi connectivity index (χ1v) is 7.83. The van der Waals surface area contributed by atoms with Gasteiger partial charge in [0.1, 0.15) is 18.1 Å². The maximum absolute atomic E-state index is 13.8. The Kier molecular flexibility index (Phi) is 3.68. The van der Waals surface area contributed by atoms with Crippen molar-refractivity contribution in [3.05, 3.63) is 59.2 Å². The molecule has 8 nitrogen and oxygen atoms in total. The van der Waals surface area contributed by atoms with Crippen molar-refractivity contribution < 1.29 is 22.4 Å². The van der Waals surface area contributed by atoms with Crippen LogP contribution in [0.2, 0.25) is 0 Å². The highest BCUT2D eigenvalue weighted by Gasteiger charge is 2.47. The molecule has 0 saturated heterocycles. The molecule has 1 aliphatic heterocycles. The fraction of sp³-hybridized carbons (Fsp3) is 0.250. The predicted octanol–water partition coefficient (Wildman–Crippen LogP) is 2.63. The van der Waals surface area contributed by atoms with Crippen molar-refractivity contribution in [2.75, 3.05) is 5.32 Å². The zero-order chi connectivity index (χ0) is 19.3. The summed E-state index contributed by atoms with van der Waals surface area (Å²) in [6.07, 6.45) is -0.915. The van der Waals surface area contributed by atoms with Gasteiger partial charge < -0.3 is 9.73 Å². The predicted molar refractivity (Wildman–Crippen MR) is 85.8 cm³/mol. The summed E-state index contributed by atoms with van der Waals surface area (Å²) in [5, 5.41) is 10.4. The third-order valence-electron chi connectivity index (χ3n) is 4.22. The number of nitrogens with zero attached hydrogens (tertiary/aromatic N) is 5. The second kappa shape index (κ2) is 5.83. The average molecular weight is 378 g/mol. The molecule has 11 heteroatoms. The Labute approximate surface area is 150 Å². The SMILES string of the molecule is Cc1nn(C)cc1[C@@H]1C(C(=O)c2ccco2)=C(C(F)(F)F)Nc2ncnn21. The molecule has 1 aliphatic rings. The summed E-state index contributed by atoms with van der Waals surface area (Å²) >= 11 is 0. The number of nitrogens with one attached hydrogen (secondary N) is 1. The summed E-state index contributed by atoms with van der Waals surface area (Å²) in [5.41, 5.74) is -0.858. The molecule has 4 heterocycles. The molecule has 0 radical (unpaired) electrons. The summed E-state index contributed by atoms with van der Waals surface area (Å²) in [6.45, 7) is 1.65. The minimum absolute atomic E-state index is 0.119. The van der Waals surface area contributed by atoms with Gasteiger partial charge in [-0.25, -0.2) is 4.68 Å². The smallest absolute Gasteiger partial charge is 0.431 e. The number of carbonyl (C=O) groups is 1. The van der Waals surface area contributed by atoms with Crippen LogP contribution in [0.15, 0.2) is 46.6 Å². The van der Waals surface area contributed by atoms with Crippen LogP contribution in [0, 0.1) is 6.92 Å². The monoisotopic (exact) mass is 378 g/mol. The van der Waals surface area contributed by atoms with Gasteiger partial charge in [-0.3, -0.25) is 9.48 Å². The van der Waals surface area contributed by atoms with Crippen LogP contribution >= 0.6 is 0 Å². The topological polar surface area (TPSA) is 90.8 Å². The second-order valence-electron chi connectivity index (χ2n) is 5.99. The minimum Gasteiger partial charge on any atom is -0.461 e. The van der Waals surface area contributed by atoms with Crippen molar-refractivity contribution in [1.82, 2.24) is 24.5 Å². The molecular formula is C16H13F3N6O2. The number of aryl methyl sites for hydroxylation is 2. The van der Waals surface area contributed by atoms with Crippen molar-refractivity contribution in [1.29, 1.82) is 0 Å². The van der Waals surface area contributed by atoms with E-state index in [0.29, 0.717) is 11.3 Å². The maximum Gasteiger partial charge on any atom is 0.431 e. The fourth-order valence-electron chi connectivity index (χ4n) is 3.14. The highest BCUT2D eigenvalue weighted by atomic mass is 19.4. The van der Waals surface area contributed by atoms with Crippen LogP contribution in [-0.4, -0.2) is 36.5 Å². The molecule has 140 valence electrons. The van der Waals surface area contributed by atoms with Gasteiger partial charge >= 0.3 is 6.18 Å². The molecule has 0 saturated carbocycles. The largest absolute Gasteiger partial charge is 0.461 e. The summed E-state index contributed by atoms with van der Waals surface area (Å²) < 4.78 is 49.2. The van der Waals surface area contributed by atoms with Crippen LogP contribution in [0.1, 0.15) is 27.9 Å². The Morgan fingerprint density at radius 3 is 2.74 bits per heavy atom. The molecule has 1 atom stereocenters. The zero-order valence-electron chi connectivity index (χ0n) is 14.2. The van der Waals surface area contributed by atoms with E-state index in [9.17, 15) is 18.0 Å². The van der Waals surface area contributed by atoms with E-state index in [1.165, 1.54) is 27.8 Å². The summed E-state index contributed by atoms with van der Waals surface area (Å²) in [7, 11) is 1.64. The number of Topliss-reactive ketones (excluding diaryl/α,β-unsaturated/α-hetero) is 1. The number of fused-ring (bicyclic) bond motifs is 1. The molecule has 0 spiro atoms. The first-order valence-electron chi connectivity index (χ1n) is 7.83. The average Bonchev–Trinajstić information content (AvgIpc) is 3.32. The first kappa shape index (κ1) is 17.1. The standard InChI is InChI=1S/C16H13F3N6O2/c1-8-9(6-24(2)23-8)12-11(13(26)10-4-3-5-27-10)14(16(17,18)19)22-15-20-7-21-25(12)15/h3-7,12H,1-2H3,(H,20,21,22)/t12-/m1/s1. The Hall–Kier alpha value is -3.37. The molecule has 27 heavy (non-hydrogen) atoms. The quantitative estimate of drug-likeness (QED) is 0.705. The van der Waals surface area contributed by atoms with Crippen LogP contribution in [0.3, 0.4) is 0 Å². The van der Waals surface area contributed by atoms with Gasteiger partial charge in [0.25, 0.3) is 0 Å². The van der Waals surface area contributed by atoms with Crippen molar-refractivity contribution >= 4 is 11.7 Å². The lowest BCUT2D eigenvalue weighted by Crippen LogP contribution is -2.35. The third kappa shape index (κ3) is 2.71. The Balaban J connectivity index is 2.01. The van der Waals surface area contributed by atoms with E-state index in [1.54, 1.807) is 20.2 Å². The highest BCUT2D eigenvalue weighted by molar-refractivity contribution is 6.09. The van der Waals surface area contributed by atoms with E-state index in [1.807, 2.05) is 0 Å². The van der Waals surface area contributed by atoms with Crippen LogP contribution in [0.4, 0.5) is 19.1 Å². The molecular weight excluding hydrogens is 365 g/mol. The van der Waals surface area contributed by atoms with Crippen LogP contribution in [0.25, 0.3) is 0 Å². The van der Waals surface area contributed by atoms with Crippen LogP contribution in [0.5, 0.6) is 0 Å². The van der Waals surface area contributed by atoms with E-state index < -0.39 is 29.3 Å². The molecule has 0 amide bonds. The van der Waals surface area contributed by atoms with E-state index >= 15 is 0 Å². The number of alkyl halides is 3. The number of rotatable bonds is 3. The van der Waals surface area contributed by atoms with Crippen molar-refractivity contribution in [3.63, 3.8) is 0 Å². The van der Waals surface area contributed by atoms with E-state index in [0.717, 1.165) is 6.33 Å². The third-order valence-corrected chi connectivity index (χ3v) is 4.22. The van der Waals surface area contributed by atoms with Gasteiger partial charge in [-0.2, -0.15) is 28.4 Å². The van der Waals surface area contributed by atoms with E-state index in [4.69, 9.17) is 4.42 Å². The van der Waals surface area contributed by atoms with Gasteiger partial charge in [0.15, 0.2) is 5.76 Å². The lowest BCUT2D eigenvalue weighted by atomic mass is 9.91. The Bertz CT molecular complexity index is 1040. The first-order chi connectivity index (χ1) is 12.8. The number of halogens is 3. The number of allylic oxidation sites excluding steroid dienone is 2. The van der Waals surface area contributed by atoms with Crippen molar-refractivity contribution in [2.45, 2.75) is 19.1 Å². The molecule has 3 aromatic heterocycles. The van der Waals surface area contributed by atoms with Gasteiger partial charge in [-0.15, -0.1) is 0 Å².